The Hall–Kier alpha value is -3.22. The maximum atomic E-state index is 12.7. The van der Waals surface area contributed by atoms with Crippen LogP contribution in [0.1, 0.15) is 35.2 Å². The van der Waals surface area contributed by atoms with Crippen LogP contribution >= 0.6 is 0 Å². The van der Waals surface area contributed by atoms with Crippen LogP contribution in [-0.2, 0) is 11.3 Å². The molecule has 152 valence electrons. The van der Waals surface area contributed by atoms with Crippen molar-refractivity contribution in [3.8, 4) is 11.5 Å². The molecule has 1 unspecified atom stereocenters. The Morgan fingerprint density at radius 3 is 2.76 bits per heavy atom. The highest BCUT2D eigenvalue weighted by atomic mass is 16.5. The molecule has 2 aromatic rings. The summed E-state index contributed by atoms with van der Waals surface area (Å²) in [4.78, 5) is 27.2. The van der Waals surface area contributed by atoms with E-state index in [1.807, 2.05) is 30.3 Å². The molecular formula is C22H25N3O4. The number of nitrogens with zero attached hydrogens (tertiary/aromatic N) is 1. The monoisotopic (exact) mass is 395 g/mol. The summed E-state index contributed by atoms with van der Waals surface area (Å²) < 4.78 is 10.5. The number of carbonyl (C=O) groups is 2. The number of ether oxygens (including phenoxy) is 2. The molecule has 0 radical (unpaired) electrons. The molecule has 2 aliphatic heterocycles. The number of piperidine rings is 1. The fraction of sp³-hybridized carbons (Fsp3) is 0.364. The van der Waals surface area contributed by atoms with Gasteiger partial charge in [-0.1, -0.05) is 6.07 Å². The first-order valence-corrected chi connectivity index (χ1v) is 9.81. The van der Waals surface area contributed by atoms with Gasteiger partial charge in [-0.15, -0.1) is 0 Å². The molecule has 2 aromatic carbocycles. The highest BCUT2D eigenvalue weighted by Crippen LogP contribution is 2.36. The van der Waals surface area contributed by atoms with E-state index in [1.54, 1.807) is 20.3 Å². The molecule has 4 rings (SSSR count). The van der Waals surface area contributed by atoms with Gasteiger partial charge in [0.15, 0.2) is 11.5 Å². The standard InChI is InChI=1S/C22H25N3O4/c1-28-19-9-6-14(11-20(19)29-2)13-23-21(26)15-7-8-17-16(12-15)24-22(27)18-5-3-4-10-25(17)18/h6-9,11-12,18H,3-5,10,13H2,1-2H3,(H,23,26)(H,24,27). The summed E-state index contributed by atoms with van der Waals surface area (Å²) in [5, 5.41) is 5.88. The largest absolute Gasteiger partial charge is 0.493 e. The molecular weight excluding hydrogens is 370 g/mol. The lowest BCUT2D eigenvalue weighted by Crippen LogP contribution is -2.50. The second-order valence-corrected chi connectivity index (χ2v) is 7.30. The Labute approximate surface area is 170 Å². The molecule has 1 saturated heterocycles. The Balaban J connectivity index is 1.47. The topological polar surface area (TPSA) is 79.9 Å². The van der Waals surface area contributed by atoms with Crippen molar-refractivity contribution in [1.82, 2.24) is 5.32 Å². The fourth-order valence-electron chi connectivity index (χ4n) is 4.01. The summed E-state index contributed by atoms with van der Waals surface area (Å²) in [6, 6.07) is 10.9. The number of anilines is 2. The molecule has 0 bridgehead atoms. The van der Waals surface area contributed by atoms with Crippen LogP contribution in [0, 0.1) is 0 Å². The van der Waals surface area contributed by atoms with Crippen molar-refractivity contribution in [2.24, 2.45) is 0 Å². The average Bonchev–Trinajstić information content (AvgIpc) is 2.77. The lowest BCUT2D eigenvalue weighted by Gasteiger charge is -2.41. The van der Waals surface area contributed by atoms with Crippen molar-refractivity contribution in [3.05, 3.63) is 47.5 Å². The van der Waals surface area contributed by atoms with Gasteiger partial charge >= 0.3 is 0 Å². The van der Waals surface area contributed by atoms with Crippen molar-refractivity contribution in [2.45, 2.75) is 31.8 Å². The number of fused-ring (bicyclic) bond motifs is 3. The number of benzene rings is 2. The van der Waals surface area contributed by atoms with Crippen molar-refractivity contribution < 1.29 is 19.1 Å². The Bertz CT molecular complexity index is 944. The van der Waals surface area contributed by atoms with E-state index in [-0.39, 0.29) is 17.9 Å². The van der Waals surface area contributed by atoms with Gasteiger partial charge in [0.05, 0.1) is 25.6 Å². The van der Waals surface area contributed by atoms with Crippen molar-refractivity contribution in [3.63, 3.8) is 0 Å². The molecule has 1 fully saturated rings. The summed E-state index contributed by atoms with van der Waals surface area (Å²) >= 11 is 0. The molecule has 7 nitrogen and oxygen atoms in total. The Kier molecular flexibility index (Phi) is 5.29. The minimum Gasteiger partial charge on any atom is -0.493 e. The smallest absolute Gasteiger partial charge is 0.251 e. The number of hydrogen-bond acceptors (Lipinski definition) is 5. The third kappa shape index (κ3) is 3.72. The summed E-state index contributed by atoms with van der Waals surface area (Å²) in [5.74, 6) is 1.08. The van der Waals surface area contributed by atoms with Crippen molar-refractivity contribution in [2.75, 3.05) is 31.0 Å². The second-order valence-electron chi connectivity index (χ2n) is 7.30. The quantitative estimate of drug-likeness (QED) is 0.814. The van der Waals surface area contributed by atoms with Crippen LogP contribution in [0.3, 0.4) is 0 Å². The minimum atomic E-state index is -0.197. The molecule has 2 aliphatic rings. The Morgan fingerprint density at radius 1 is 1.14 bits per heavy atom. The molecule has 2 heterocycles. The number of nitrogens with one attached hydrogen (secondary N) is 2. The lowest BCUT2D eigenvalue weighted by molar-refractivity contribution is -0.118. The predicted molar refractivity (Wildman–Crippen MR) is 111 cm³/mol. The lowest BCUT2D eigenvalue weighted by atomic mass is 9.97. The van der Waals surface area contributed by atoms with E-state index in [2.05, 4.69) is 15.5 Å². The molecule has 0 aliphatic carbocycles. The zero-order valence-corrected chi connectivity index (χ0v) is 16.7. The molecule has 2 N–H and O–H groups in total. The van der Waals surface area contributed by atoms with Crippen LogP contribution in [0.25, 0.3) is 0 Å². The summed E-state index contributed by atoms with van der Waals surface area (Å²) in [6.45, 7) is 1.23. The van der Waals surface area contributed by atoms with E-state index in [0.717, 1.165) is 37.1 Å². The van der Waals surface area contributed by atoms with Crippen LogP contribution in [0.2, 0.25) is 0 Å². The summed E-state index contributed by atoms with van der Waals surface area (Å²) in [6.07, 6.45) is 3.02. The van der Waals surface area contributed by atoms with E-state index >= 15 is 0 Å². The minimum absolute atomic E-state index is 0.0140. The van der Waals surface area contributed by atoms with Crippen molar-refractivity contribution in [1.29, 1.82) is 0 Å². The fourth-order valence-corrected chi connectivity index (χ4v) is 4.01. The van der Waals surface area contributed by atoms with Gasteiger partial charge in [-0.2, -0.15) is 0 Å². The van der Waals surface area contributed by atoms with Gasteiger partial charge in [0, 0.05) is 18.7 Å². The number of amides is 2. The van der Waals surface area contributed by atoms with Crippen molar-refractivity contribution >= 4 is 23.2 Å². The predicted octanol–water partition coefficient (Wildman–Crippen LogP) is 2.94. The number of methoxy groups -OCH3 is 2. The molecule has 0 spiro atoms. The molecule has 29 heavy (non-hydrogen) atoms. The third-order valence-corrected chi connectivity index (χ3v) is 5.53. The molecule has 1 atom stereocenters. The first-order chi connectivity index (χ1) is 14.1. The maximum Gasteiger partial charge on any atom is 0.251 e. The van der Waals surface area contributed by atoms with Gasteiger partial charge in [0.1, 0.15) is 6.04 Å². The number of hydrogen-bond donors (Lipinski definition) is 2. The van der Waals surface area contributed by atoms with Gasteiger partial charge in [0.25, 0.3) is 5.91 Å². The second kappa shape index (κ2) is 8.03. The highest BCUT2D eigenvalue weighted by Gasteiger charge is 2.34. The first-order valence-electron chi connectivity index (χ1n) is 9.81. The molecule has 0 aromatic heterocycles. The average molecular weight is 395 g/mol. The van der Waals surface area contributed by atoms with Crippen LogP contribution < -0.4 is 25.0 Å². The van der Waals surface area contributed by atoms with E-state index in [0.29, 0.717) is 29.3 Å². The van der Waals surface area contributed by atoms with Crippen LogP contribution in [0.15, 0.2) is 36.4 Å². The first kappa shape index (κ1) is 19.1. The highest BCUT2D eigenvalue weighted by molar-refractivity contribution is 6.05. The molecule has 0 saturated carbocycles. The van der Waals surface area contributed by atoms with Crippen LogP contribution in [0.5, 0.6) is 11.5 Å². The van der Waals surface area contributed by atoms with E-state index < -0.39 is 0 Å². The van der Waals surface area contributed by atoms with Gasteiger partial charge in [0.2, 0.25) is 5.91 Å². The molecule has 7 heteroatoms. The maximum absolute atomic E-state index is 12.7. The SMILES string of the molecule is COc1ccc(CNC(=O)c2ccc3c(c2)NC(=O)C2CCCCN32)cc1OC. The van der Waals surface area contributed by atoms with E-state index in [9.17, 15) is 9.59 Å². The van der Waals surface area contributed by atoms with Gasteiger partial charge < -0.3 is 25.0 Å². The Morgan fingerprint density at radius 2 is 1.97 bits per heavy atom. The van der Waals surface area contributed by atoms with Gasteiger partial charge in [-0.05, 0) is 55.2 Å². The zero-order valence-electron chi connectivity index (χ0n) is 16.7. The summed E-state index contributed by atoms with van der Waals surface area (Å²) in [5.41, 5.74) is 3.11. The normalized spacial score (nSPS) is 17.7. The number of carbonyl (C=O) groups excluding carboxylic acids is 2. The molecule has 2 amide bonds. The van der Waals surface area contributed by atoms with Crippen LogP contribution in [0.4, 0.5) is 11.4 Å². The van der Waals surface area contributed by atoms with Gasteiger partial charge in [-0.3, -0.25) is 9.59 Å². The van der Waals surface area contributed by atoms with Gasteiger partial charge in [-0.25, -0.2) is 0 Å². The van der Waals surface area contributed by atoms with E-state index in [4.69, 9.17) is 9.47 Å². The van der Waals surface area contributed by atoms with Crippen LogP contribution in [-0.4, -0.2) is 38.6 Å². The number of rotatable bonds is 5. The third-order valence-electron chi connectivity index (χ3n) is 5.53. The zero-order chi connectivity index (χ0) is 20.4. The van der Waals surface area contributed by atoms with E-state index in [1.165, 1.54) is 0 Å². The summed E-state index contributed by atoms with van der Waals surface area (Å²) in [7, 11) is 3.16.